The minimum absolute atomic E-state index is 0.472. The van der Waals surface area contributed by atoms with Gasteiger partial charge in [-0.25, -0.2) is 10.0 Å². The van der Waals surface area contributed by atoms with Crippen LogP contribution >= 0.6 is 0 Å². The zero-order valence-electron chi connectivity index (χ0n) is 18.4. The Kier molecular flexibility index (Phi) is 4.89. The predicted molar refractivity (Wildman–Crippen MR) is 136 cm³/mol. The van der Waals surface area contributed by atoms with Gasteiger partial charge in [-0.2, -0.15) is 0 Å². The van der Waals surface area contributed by atoms with Crippen molar-refractivity contribution in [2.24, 2.45) is 9.98 Å². The smallest absolute Gasteiger partial charge is 0.225 e. The van der Waals surface area contributed by atoms with E-state index in [1.165, 1.54) is 24.9 Å². The Bertz CT molecular complexity index is 1200. The van der Waals surface area contributed by atoms with Crippen LogP contribution in [0.3, 0.4) is 0 Å². The molecular formula is C28H26N5+. The number of hydrogen-bond donors (Lipinski definition) is 0. The predicted octanol–water partition coefficient (Wildman–Crippen LogP) is 6.69. The Hall–Kier alpha value is -3.96. The van der Waals surface area contributed by atoms with Crippen LogP contribution < -0.4 is 9.91 Å². The lowest BCUT2D eigenvalue weighted by Crippen LogP contribution is -2.61. The fraction of sp³-hybridized carbons (Fsp3) is 0.143. The van der Waals surface area contributed by atoms with E-state index in [2.05, 4.69) is 111 Å². The van der Waals surface area contributed by atoms with E-state index in [-0.39, 0.29) is 0 Å². The molecule has 1 unspecified atom stereocenters. The molecule has 3 aromatic carbocycles. The number of allylic oxidation sites excluding steroid dienone is 1. The lowest BCUT2D eigenvalue weighted by molar-refractivity contribution is -0.746. The maximum Gasteiger partial charge on any atom is 0.225 e. The van der Waals surface area contributed by atoms with Gasteiger partial charge in [0.2, 0.25) is 12.0 Å². The van der Waals surface area contributed by atoms with Gasteiger partial charge in [-0.3, -0.25) is 4.99 Å². The fourth-order valence-corrected chi connectivity index (χ4v) is 4.79. The van der Waals surface area contributed by atoms with E-state index in [0.717, 1.165) is 22.8 Å². The Morgan fingerprint density at radius 3 is 1.91 bits per heavy atom. The highest BCUT2D eigenvalue weighted by molar-refractivity contribution is 5.83. The molecule has 0 bridgehead atoms. The van der Waals surface area contributed by atoms with Crippen molar-refractivity contribution >= 4 is 35.3 Å². The summed E-state index contributed by atoms with van der Waals surface area (Å²) >= 11 is 0. The molecule has 162 valence electrons. The first-order valence-corrected chi connectivity index (χ1v) is 11.5. The normalized spacial score (nSPS) is 20.8. The molecule has 0 aromatic heterocycles. The van der Waals surface area contributed by atoms with Gasteiger partial charge in [0, 0.05) is 17.1 Å². The van der Waals surface area contributed by atoms with Gasteiger partial charge in [-0.15, -0.1) is 4.59 Å². The molecule has 3 aliphatic rings. The lowest BCUT2D eigenvalue weighted by atomic mass is 9.91. The van der Waals surface area contributed by atoms with Crippen LogP contribution in [-0.2, 0) is 0 Å². The van der Waals surface area contributed by atoms with Gasteiger partial charge in [0.25, 0.3) is 0 Å². The second-order valence-corrected chi connectivity index (χ2v) is 8.59. The molecule has 1 atom stereocenters. The van der Waals surface area contributed by atoms with Gasteiger partial charge >= 0.3 is 0 Å². The average molecular weight is 433 g/mol. The number of quaternary nitrogens is 1. The third-order valence-corrected chi connectivity index (χ3v) is 6.63. The molecule has 1 fully saturated rings. The van der Waals surface area contributed by atoms with E-state index < -0.39 is 0 Å². The fourth-order valence-electron chi connectivity index (χ4n) is 4.79. The van der Waals surface area contributed by atoms with Crippen molar-refractivity contribution in [3.63, 3.8) is 0 Å². The highest BCUT2D eigenvalue weighted by Gasteiger charge is 2.46. The van der Waals surface area contributed by atoms with E-state index in [1.54, 1.807) is 0 Å². The molecular weight excluding hydrogens is 406 g/mol. The Balaban J connectivity index is 1.40. The molecule has 1 aliphatic carbocycles. The Morgan fingerprint density at radius 1 is 0.697 bits per heavy atom. The first kappa shape index (κ1) is 19.7. The maximum absolute atomic E-state index is 4.51. The first-order chi connectivity index (χ1) is 16.4. The van der Waals surface area contributed by atoms with Gasteiger partial charge in [0.05, 0.1) is 30.3 Å². The van der Waals surface area contributed by atoms with Gasteiger partial charge in [0.15, 0.2) is 6.20 Å². The molecule has 3 aromatic rings. The van der Waals surface area contributed by atoms with E-state index in [4.69, 9.17) is 0 Å². The molecule has 0 saturated heterocycles. The molecule has 6 rings (SSSR count). The van der Waals surface area contributed by atoms with Gasteiger partial charge < -0.3 is 4.90 Å². The van der Waals surface area contributed by atoms with Crippen LogP contribution in [0.1, 0.15) is 19.3 Å². The Labute approximate surface area is 194 Å². The standard InChI is InChI=1S/C28H26N5/c1-3-8-23(9-4-1)31(24-10-5-2-6-11-24)25-14-16-27(17-15-25)32(26-12-7-13-26)33-19-18-29-20-28(33)21-30-22-33/h1-6,8-11,14-22,26H,7,12-13H2/q+1. The van der Waals surface area contributed by atoms with Crippen molar-refractivity contribution < 1.29 is 4.59 Å². The molecule has 1 saturated carbocycles. The van der Waals surface area contributed by atoms with Crippen LogP contribution in [0.2, 0.25) is 0 Å². The Morgan fingerprint density at radius 2 is 1.30 bits per heavy atom. The highest BCUT2D eigenvalue weighted by Crippen LogP contribution is 2.41. The van der Waals surface area contributed by atoms with E-state index in [1.807, 2.05) is 25.0 Å². The molecule has 0 radical (unpaired) electrons. The van der Waals surface area contributed by atoms with E-state index in [0.29, 0.717) is 10.6 Å². The van der Waals surface area contributed by atoms with E-state index in [9.17, 15) is 0 Å². The SMILES string of the molecule is C1=C[N+]2(N(c3ccc(N(c4ccccc4)c4ccccc4)cc3)C3CCC3)C=NC=C2C=N1. The third kappa shape index (κ3) is 3.38. The summed E-state index contributed by atoms with van der Waals surface area (Å²) in [5.41, 5.74) is 5.67. The minimum atomic E-state index is 0.472. The monoisotopic (exact) mass is 432 g/mol. The van der Waals surface area contributed by atoms with Crippen LogP contribution in [0, 0.1) is 0 Å². The van der Waals surface area contributed by atoms with Crippen molar-refractivity contribution in [3.05, 3.63) is 109 Å². The quantitative estimate of drug-likeness (QED) is 0.407. The number of aliphatic imine (C=N–C) groups is 2. The van der Waals surface area contributed by atoms with Crippen molar-refractivity contribution in [2.75, 3.05) is 9.91 Å². The third-order valence-electron chi connectivity index (χ3n) is 6.63. The number of para-hydroxylation sites is 2. The molecule has 2 aliphatic heterocycles. The minimum Gasteiger partial charge on any atom is -0.311 e. The largest absolute Gasteiger partial charge is 0.311 e. The number of anilines is 4. The molecule has 0 amide bonds. The van der Waals surface area contributed by atoms with Crippen LogP contribution in [-0.4, -0.2) is 23.2 Å². The maximum atomic E-state index is 4.51. The van der Waals surface area contributed by atoms with Crippen LogP contribution in [0.5, 0.6) is 0 Å². The molecule has 33 heavy (non-hydrogen) atoms. The van der Waals surface area contributed by atoms with Gasteiger partial charge in [0.1, 0.15) is 0 Å². The number of nitrogens with zero attached hydrogens (tertiary/aromatic N) is 5. The summed E-state index contributed by atoms with van der Waals surface area (Å²) in [6.45, 7) is 0. The highest BCUT2D eigenvalue weighted by atomic mass is 15.8. The summed E-state index contributed by atoms with van der Waals surface area (Å²) in [4.78, 5) is 11.1. The van der Waals surface area contributed by atoms with Crippen molar-refractivity contribution in [3.8, 4) is 0 Å². The zero-order chi connectivity index (χ0) is 22.1. The molecule has 0 N–H and O–H groups in total. The molecule has 5 heteroatoms. The number of rotatable bonds is 6. The second-order valence-electron chi connectivity index (χ2n) is 8.59. The summed E-state index contributed by atoms with van der Waals surface area (Å²) < 4.78 is 0.481. The van der Waals surface area contributed by atoms with Crippen LogP contribution in [0.25, 0.3) is 0 Å². The number of benzene rings is 3. The lowest BCUT2D eigenvalue weighted by Gasteiger charge is -2.46. The second kappa shape index (κ2) is 8.19. The molecule has 0 spiro atoms. The first-order valence-electron chi connectivity index (χ1n) is 11.5. The van der Waals surface area contributed by atoms with E-state index >= 15 is 0 Å². The van der Waals surface area contributed by atoms with Gasteiger partial charge in [-0.05, 0) is 67.8 Å². The summed E-state index contributed by atoms with van der Waals surface area (Å²) in [6, 6.07) is 30.4. The summed E-state index contributed by atoms with van der Waals surface area (Å²) in [5.74, 6) is 0. The van der Waals surface area contributed by atoms with Crippen molar-refractivity contribution in [2.45, 2.75) is 25.3 Å². The summed E-state index contributed by atoms with van der Waals surface area (Å²) in [6.07, 6.45) is 13.5. The number of hydrogen-bond acceptors (Lipinski definition) is 4. The van der Waals surface area contributed by atoms with Crippen molar-refractivity contribution in [1.29, 1.82) is 0 Å². The molecule has 2 heterocycles. The number of fused-ring (bicyclic) bond motifs is 1. The summed E-state index contributed by atoms with van der Waals surface area (Å²) in [7, 11) is 0. The average Bonchev–Trinajstić information content (AvgIpc) is 3.28. The topological polar surface area (TPSA) is 31.2 Å². The van der Waals surface area contributed by atoms with Crippen molar-refractivity contribution in [1.82, 2.24) is 0 Å². The summed E-state index contributed by atoms with van der Waals surface area (Å²) in [5, 5.41) is 2.48. The van der Waals surface area contributed by atoms with Crippen LogP contribution in [0.15, 0.2) is 119 Å². The van der Waals surface area contributed by atoms with Crippen LogP contribution in [0.4, 0.5) is 22.7 Å². The molecule has 5 nitrogen and oxygen atoms in total. The zero-order valence-corrected chi connectivity index (χ0v) is 18.4. The van der Waals surface area contributed by atoms with Gasteiger partial charge in [-0.1, -0.05) is 36.4 Å².